The molecule has 0 radical (unpaired) electrons. The van der Waals surface area contributed by atoms with Crippen LogP contribution in [0.5, 0.6) is 0 Å². The fourth-order valence-electron chi connectivity index (χ4n) is 4.65. The maximum Gasteiger partial charge on any atom is 0.416 e. The Hall–Kier alpha value is -2.60. The first-order valence-corrected chi connectivity index (χ1v) is 15.4. The van der Waals surface area contributed by atoms with Gasteiger partial charge in [0, 0.05) is 30.0 Å². The molecule has 1 fully saturated rings. The predicted octanol–water partition coefficient (Wildman–Crippen LogP) is 5.49. The van der Waals surface area contributed by atoms with Gasteiger partial charge in [-0.25, -0.2) is 8.42 Å². The van der Waals surface area contributed by atoms with Crippen LogP contribution in [0.2, 0.25) is 0 Å². The van der Waals surface area contributed by atoms with E-state index in [4.69, 9.17) is 0 Å². The molecule has 0 bridgehead atoms. The molecule has 214 valence electrons. The molecule has 0 heterocycles. The van der Waals surface area contributed by atoms with E-state index in [1.54, 1.807) is 6.92 Å². The molecule has 2 aromatic carbocycles. The summed E-state index contributed by atoms with van der Waals surface area (Å²) in [5, 5.41) is 3.02. The smallest absolute Gasteiger partial charge is 0.352 e. The quantitative estimate of drug-likeness (QED) is 0.355. The van der Waals surface area contributed by atoms with E-state index < -0.39 is 27.8 Å². The monoisotopic (exact) mass is 631 g/mol. The third kappa shape index (κ3) is 8.96. The van der Waals surface area contributed by atoms with Gasteiger partial charge in [0.05, 0.1) is 17.5 Å². The van der Waals surface area contributed by atoms with Gasteiger partial charge in [0.25, 0.3) is 0 Å². The summed E-state index contributed by atoms with van der Waals surface area (Å²) in [6.45, 7) is 1.63. The Labute approximate surface area is 235 Å². The number of alkyl halides is 3. The van der Waals surface area contributed by atoms with E-state index in [1.807, 2.05) is 24.3 Å². The van der Waals surface area contributed by atoms with E-state index in [1.165, 1.54) is 11.0 Å². The Kier molecular flexibility index (Phi) is 10.4. The molecule has 1 aliphatic carbocycles. The fourth-order valence-corrected chi connectivity index (χ4v) is 6.05. The largest absolute Gasteiger partial charge is 0.416 e. The van der Waals surface area contributed by atoms with Gasteiger partial charge in [-0.15, -0.1) is 0 Å². The molecule has 1 atom stereocenters. The number of anilines is 1. The summed E-state index contributed by atoms with van der Waals surface area (Å²) in [6.07, 6.45) is 0.116. The summed E-state index contributed by atoms with van der Waals surface area (Å²) < 4.78 is 66.1. The summed E-state index contributed by atoms with van der Waals surface area (Å²) in [4.78, 5) is 27.9. The van der Waals surface area contributed by atoms with Crippen LogP contribution in [0.1, 0.15) is 56.6 Å². The number of sulfonamides is 1. The highest BCUT2D eigenvalue weighted by atomic mass is 79.9. The van der Waals surface area contributed by atoms with Crippen LogP contribution in [0.15, 0.2) is 53.0 Å². The van der Waals surface area contributed by atoms with Crippen molar-refractivity contribution in [3.63, 3.8) is 0 Å². The Morgan fingerprint density at radius 2 is 1.77 bits per heavy atom. The molecule has 2 aromatic rings. The van der Waals surface area contributed by atoms with Crippen LogP contribution in [0, 0.1) is 0 Å². The molecule has 7 nitrogen and oxygen atoms in total. The number of carbonyl (C=O) groups is 2. The molecule has 39 heavy (non-hydrogen) atoms. The fraction of sp³-hybridized carbons (Fsp3) is 0.481. The number of amides is 2. The predicted molar refractivity (Wildman–Crippen MR) is 147 cm³/mol. The minimum absolute atomic E-state index is 0.0497. The third-order valence-electron chi connectivity index (χ3n) is 6.72. The Bertz CT molecular complexity index is 1270. The van der Waals surface area contributed by atoms with Crippen LogP contribution in [0.4, 0.5) is 18.9 Å². The molecule has 1 aliphatic rings. The van der Waals surface area contributed by atoms with Crippen molar-refractivity contribution < 1.29 is 31.2 Å². The molecule has 0 aliphatic heterocycles. The second kappa shape index (κ2) is 13.2. The average Bonchev–Trinajstić information content (AvgIpc) is 3.36. The first-order chi connectivity index (χ1) is 18.3. The molecule has 1 unspecified atom stereocenters. The van der Waals surface area contributed by atoms with Crippen molar-refractivity contribution >= 4 is 43.5 Å². The maximum atomic E-state index is 13.4. The molecule has 2 amide bonds. The minimum atomic E-state index is -4.63. The second-order valence-corrected chi connectivity index (χ2v) is 12.6. The van der Waals surface area contributed by atoms with Gasteiger partial charge >= 0.3 is 6.18 Å². The standard InChI is InChI=1S/C27H33BrF3N3O4S/c1-19(26(36)32-23-11-3-4-12-23)33(18-20-8-5-10-22(28)16-20)25(35)14-7-15-34(39(2,37)38)24-13-6-9-21(17-24)27(29,30)31/h5-6,8-10,13,16-17,19,23H,3-4,7,11-12,14-15,18H2,1-2H3,(H,32,36). The van der Waals surface area contributed by atoms with Crippen molar-refractivity contribution in [1.82, 2.24) is 10.2 Å². The summed E-state index contributed by atoms with van der Waals surface area (Å²) >= 11 is 3.41. The maximum absolute atomic E-state index is 13.4. The van der Waals surface area contributed by atoms with E-state index in [9.17, 15) is 31.2 Å². The summed E-state index contributed by atoms with van der Waals surface area (Å²) in [6, 6.07) is 10.7. The highest BCUT2D eigenvalue weighted by Crippen LogP contribution is 2.32. The van der Waals surface area contributed by atoms with Gasteiger partial charge in [0.15, 0.2) is 0 Å². The molecule has 12 heteroatoms. The minimum Gasteiger partial charge on any atom is -0.352 e. The molecule has 3 rings (SSSR count). The van der Waals surface area contributed by atoms with Crippen molar-refractivity contribution in [2.75, 3.05) is 17.1 Å². The topological polar surface area (TPSA) is 86.8 Å². The zero-order valence-electron chi connectivity index (χ0n) is 21.9. The number of rotatable bonds is 11. The lowest BCUT2D eigenvalue weighted by Gasteiger charge is -2.30. The lowest BCUT2D eigenvalue weighted by molar-refractivity contribution is -0.141. The summed E-state index contributed by atoms with van der Waals surface area (Å²) in [7, 11) is -3.92. The zero-order chi connectivity index (χ0) is 28.8. The second-order valence-electron chi connectivity index (χ2n) is 9.80. The van der Waals surface area contributed by atoms with Crippen LogP contribution in [0.3, 0.4) is 0 Å². The molecular formula is C27H33BrF3N3O4S. The molecule has 0 saturated heterocycles. The van der Waals surface area contributed by atoms with E-state index in [-0.39, 0.29) is 49.5 Å². The SMILES string of the molecule is CC(C(=O)NC1CCCC1)N(Cc1cccc(Br)c1)C(=O)CCCN(c1cccc(C(F)(F)F)c1)S(C)(=O)=O. The van der Waals surface area contributed by atoms with E-state index in [0.29, 0.717) is 0 Å². The van der Waals surface area contributed by atoms with Crippen molar-refractivity contribution in [3.05, 3.63) is 64.1 Å². The highest BCUT2D eigenvalue weighted by Gasteiger charge is 2.32. The Morgan fingerprint density at radius 3 is 2.38 bits per heavy atom. The van der Waals surface area contributed by atoms with E-state index >= 15 is 0 Å². The summed E-state index contributed by atoms with van der Waals surface area (Å²) in [5.41, 5.74) is -0.290. The van der Waals surface area contributed by atoms with Gasteiger partial charge in [0.2, 0.25) is 21.8 Å². The van der Waals surface area contributed by atoms with Gasteiger partial charge in [-0.05, 0) is 62.1 Å². The molecule has 0 spiro atoms. The van der Waals surface area contributed by atoms with Crippen LogP contribution in [0.25, 0.3) is 0 Å². The van der Waals surface area contributed by atoms with Gasteiger partial charge in [-0.3, -0.25) is 13.9 Å². The van der Waals surface area contributed by atoms with Crippen LogP contribution in [-0.2, 0) is 32.3 Å². The van der Waals surface area contributed by atoms with Crippen molar-refractivity contribution in [3.8, 4) is 0 Å². The van der Waals surface area contributed by atoms with Crippen LogP contribution < -0.4 is 9.62 Å². The average molecular weight is 633 g/mol. The van der Waals surface area contributed by atoms with Gasteiger partial charge in [-0.1, -0.05) is 47.0 Å². The Balaban J connectivity index is 1.74. The number of carbonyl (C=O) groups excluding carboxylic acids is 2. The molecule has 1 N–H and O–H groups in total. The first-order valence-electron chi connectivity index (χ1n) is 12.7. The van der Waals surface area contributed by atoms with Gasteiger partial charge < -0.3 is 10.2 Å². The van der Waals surface area contributed by atoms with E-state index in [2.05, 4.69) is 21.2 Å². The van der Waals surface area contributed by atoms with Crippen molar-refractivity contribution in [2.24, 2.45) is 0 Å². The number of hydrogen-bond acceptors (Lipinski definition) is 4. The number of nitrogens with one attached hydrogen (secondary N) is 1. The molecule has 0 aromatic heterocycles. The van der Waals surface area contributed by atoms with Gasteiger partial charge in [-0.2, -0.15) is 13.2 Å². The van der Waals surface area contributed by atoms with Crippen molar-refractivity contribution in [2.45, 2.75) is 70.3 Å². The normalized spacial score (nSPS) is 15.1. The van der Waals surface area contributed by atoms with Gasteiger partial charge in [0.1, 0.15) is 6.04 Å². The number of hydrogen-bond donors (Lipinski definition) is 1. The third-order valence-corrected chi connectivity index (χ3v) is 8.41. The van der Waals surface area contributed by atoms with Crippen molar-refractivity contribution in [1.29, 1.82) is 0 Å². The first kappa shape index (κ1) is 30.9. The molecular weight excluding hydrogens is 599 g/mol. The van der Waals surface area contributed by atoms with E-state index in [0.717, 1.165) is 64.5 Å². The number of nitrogens with zero attached hydrogens (tertiary/aromatic N) is 2. The lowest BCUT2D eigenvalue weighted by Crippen LogP contribution is -2.49. The van der Waals surface area contributed by atoms with Crippen LogP contribution in [-0.4, -0.2) is 50.0 Å². The zero-order valence-corrected chi connectivity index (χ0v) is 24.3. The summed E-state index contributed by atoms with van der Waals surface area (Å²) in [5.74, 6) is -0.617. The Morgan fingerprint density at radius 1 is 1.10 bits per heavy atom. The number of halogens is 4. The van der Waals surface area contributed by atoms with Crippen LogP contribution >= 0.6 is 15.9 Å². The lowest BCUT2D eigenvalue weighted by atomic mass is 10.1. The number of benzene rings is 2. The highest BCUT2D eigenvalue weighted by molar-refractivity contribution is 9.10. The molecule has 1 saturated carbocycles.